The molecule has 0 bridgehead atoms. The minimum Gasteiger partial charge on any atom is -0.341 e. The summed E-state index contributed by atoms with van der Waals surface area (Å²) in [4.78, 5) is 13.2. The highest BCUT2D eigenvalue weighted by molar-refractivity contribution is 5.73. The van der Waals surface area contributed by atoms with Crippen LogP contribution < -0.4 is 5.32 Å². The maximum Gasteiger partial charge on any atom is 0.219 e. The van der Waals surface area contributed by atoms with Gasteiger partial charge in [-0.3, -0.25) is 4.79 Å². The fourth-order valence-corrected chi connectivity index (χ4v) is 1.97. The number of carbonyl (C=O) groups is 1. The lowest BCUT2D eigenvalue weighted by atomic mass is 9.92. The van der Waals surface area contributed by atoms with Crippen molar-refractivity contribution >= 4 is 5.91 Å². The molecule has 3 heteroatoms. The summed E-state index contributed by atoms with van der Waals surface area (Å²) in [7, 11) is 1.97. The number of rotatable bonds is 2. The van der Waals surface area contributed by atoms with Crippen LogP contribution >= 0.6 is 0 Å². The van der Waals surface area contributed by atoms with E-state index in [1.807, 2.05) is 11.9 Å². The minimum absolute atomic E-state index is 0.207. The Morgan fingerprint density at radius 2 is 2.23 bits per heavy atom. The highest BCUT2D eigenvalue weighted by Gasteiger charge is 2.26. The first-order valence-electron chi connectivity index (χ1n) is 5.10. The van der Waals surface area contributed by atoms with Crippen molar-refractivity contribution in [2.75, 3.05) is 20.1 Å². The topological polar surface area (TPSA) is 32.3 Å². The summed E-state index contributed by atoms with van der Waals surface area (Å²) in [6.07, 6.45) is 2.37. The van der Waals surface area contributed by atoms with Gasteiger partial charge < -0.3 is 10.2 Å². The predicted octanol–water partition coefficient (Wildman–Crippen LogP) is 0.853. The Balaban J connectivity index is 2.54. The standard InChI is InChI=1S/C10H20N2O/c1-4-9-5-10(11-3)7-12(6-9)8(2)13/h9-11H,4-7H2,1-3H3. The van der Waals surface area contributed by atoms with Crippen molar-refractivity contribution in [3.63, 3.8) is 0 Å². The molecule has 1 N–H and O–H groups in total. The van der Waals surface area contributed by atoms with E-state index in [2.05, 4.69) is 12.2 Å². The smallest absolute Gasteiger partial charge is 0.219 e. The Kier molecular flexibility index (Phi) is 3.72. The van der Waals surface area contributed by atoms with Crippen molar-refractivity contribution in [3.05, 3.63) is 0 Å². The summed E-state index contributed by atoms with van der Waals surface area (Å²) in [6, 6.07) is 0.489. The van der Waals surface area contributed by atoms with Crippen LogP contribution in [0, 0.1) is 5.92 Å². The van der Waals surface area contributed by atoms with Gasteiger partial charge in [-0.1, -0.05) is 13.3 Å². The average molecular weight is 184 g/mol. The first-order valence-corrected chi connectivity index (χ1v) is 5.10. The van der Waals surface area contributed by atoms with E-state index in [0.717, 1.165) is 13.1 Å². The van der Waals surface area contributed by atoms with Crippen molar-refractivity contribution in [3.8, 4) is 0 Å². The zero-order chi connectivity index (χ0) is 9.84. The summed E-state index contributed by atoms with van der Waals surface area (Å²) in [6.45, 7) is 5.68. The second kappa shape index (κ2) is 4.61. The van der Waals surface area contributed by atoms with Gasteiger partial charge in [-0.15, -0.1) is 0 Å². The molecule has 1 aliphatic heterocycles. The summed E-state index contributed by atoms with van der Waals surface area (Å²) in [5.41, 5.74) is 0. The molecule has 0 aromatic rings. The number of likely N-dealkylation sites (tertiary alicyclic amines) is 1. The second-order valence-electron chi connectivity index (χ2n) is 3.92. The monoisotopic (exact) mass is 184 g/mol. The molecule has 1 aliphatic rings. The molecular formula is C10H20N2O. The molecule has 0 aromatic heterocycles. The lowest BCUT2D eigenvalue weighted by Gasteiger charge is -2.36. The zero-order valence-electron chi connectivity index (χ0n) is 8.84. The lowest BCUT2D eigenvalue weighted by Crippen LogP contribution is -2.49. The number of carbonyl (C=O) groups excluding carboxylic acids is 1. The van der Waals surface area contributed by atoms with Crippen LogP contribution in [-0.4, -0.2) is 37.0 Å². The number of nitrogens with one attached hydrogen (secondary N) is 1. The largest absolute Gasteiger partial charge is 0.341 e. The van der Waals surface area contributed by atoms with Crippen molar-refractivity contribution in [2.24, 2.45) is 5.92 Å². The van der Waals surface area contributed by atoms with Gasteiger partial charge in [0.05, 0.1) is 0 Å². The van der Waals surface area contributed by atoms with E-state index in [0.29, 0.717) is 12.0 Å². The van der Waals surface area contributed by atoms with Gasteiger partial charge >= 0.3 is 0 Å². The molecule has 1 heterocycles. The normalized spacial score (nSPS) is 29.0. The van der Waals surface area contributed by atoms with Gasteiger partial charge in [0.25, 0.3) is 0 Å². The number of hydrogen-bond acceptors (Lipinski definition) is 2. The maximum atomic E-state index is 11.2. The van der Waals surface area contributed by atoms with Crippen LogP contribution in [0.2, 0.25) is 0 Å². The van der Waals surface area contributed by atoms with E-state index in [1.54, 1.807) is 6.92 Å². The van der Waals surface area contributed by atoms with E-state index in [4.69, 9.17) is 0 Å². The van der Waals surface area contributed by atoms with Crippen LogP contribution in [-0.2, 0) is 4.79 Å². The first-order chi connectivity index (χ1) is 6.17. The maximum absolute atomic E-state index is 11.2. The Labute approximate surface area is 80.5 Å². The number of piperidine rings is 1. The van der Waals surface area contributed by atoms with Crippen LogP contribution in [0.4, 0.5) is 0 Å². The Hall–Kier alpha value is -0.570. The van der Waals surface area contributed by atoms with Crippen molar-refractivity contribution in [1.29, 1.82) is 0 Å². The predicted molar refractivity (Wildman–Crippen MR) is 53.5 cm³/mol. The van der Waals surface area contributed by atoms with Gasteiger partial charge in [0.15, 0.2) is 0 Å². The third-order valence-electron chi connectivity index (χ3n) is 2.97. The fraction of sp³-hybridized carbons (Fsp3) is 0.900. The summed E-state index contributed by atoms with van der Waals surface area (Å²) >= 11 is 0. The molecular weight excluding hydrogens is 164 g/mol. The third kappa shape index (κ3) is 2.69. The van der Waals surface area contributed by atoms with Crippen molar-refractivity contribution < 1.29 is 4.79 Å². The lowest BCUT2D eigenvalue weighted by molar-refractivity contribution is -0.131. The van der Waals surface area contributed by atoms with Crippen LogP contribution in [0.15, 0.2) is 0 Å². The number of hydrogen-bond donors (Lipinski definition) is 1. The van der Waals surface area contributed by atoms with Gasteiger partial charge in [0, 0.05) is 26.1 Å². The first kappa shape index (κ1) is 10.5. The molecule has 3 nitrogen and oxygen atoms in total. The average Bonchev–Trinajstić information content (AvgIpc) is 2.16. The number of likely N-dealkylation sites (N-methyl/N-ethyl adjacent to an activating group) is 1. The van der Waals surface area contributed by atoms with Gasteiger partial charge in [-0.05, 0) is 19.4 Å². The van der Waals surface area contributed by atoms with Crippen LogP contribution in [0.1, 0.15) is 26.7 Å². The van der Waals surface area contributed by atoms with E-state index < -0.39 is 0 Å². The van der Waals surface area contributed by atoms with E-state index >= 15 is 0 Å². The Bertz CT molecular complexity index is 170. The van der Waals surface area contributed by atoms with Gasteiger partial charge in [0.2, 0.25) is 5.91 Å². The summed E-state index contributed by atoms with van der Waals surface area (Å²) in [5.74, 6) is 0.883. The van der Waals surface area contributed by atoms with E-state index in [-0.39, 0.29) is 5.91 Å². The number of nitrogens with zero attached hydrogens (tertiary/aromatic N) is 1. The molecule has 2 unspecified atom stereocenters. The molecule has 76 valence electrons. The minimum atomic E-state index is 0.207. The van der Waals surface area contributed by atoms with Crippen LogP contribution in [0.5, 0.6) is 0 Å². The van der Waals surface area contributed by atoms with Gasteiger partial charge in [-0.25, -0.2) is 0 Å². The highest BCUT2D eigenvalue weighted by atomic mass is 16.2. The van der Waals surface area contributed by atoms with Crippen LogP contribution in [0.25, 0.3) is 0 Å². The molecule has 1 rings (SSSR count). The molecule has 2 atom stereocenters. The SMILES string of the molecule is CCC1CC(NC)CN(C(C)=O)C1. The molecule has 1 fully saturated rings. The quantitative estimate of drug-likeness (QED) is 0.690. The van der Waals surface area contributed by atoms with Crippen molar-refractivity contribution in [1.82, 2.24) is 10.2 Å². The number of amides is 1. The Morgan fingerprint density at radius 1 is 1.54 bits per heavy atom. The molecule has 13 heavy (non-hydrogen) atoms. The molecule has 0 aliphatic carbocycles. The molecule has 0 spiro atoms. The molecule has 1 amide bonds. The Morgan fingerprint density at radius 3 is 2.69 bits per heavy atom. The molecule has 0 radical (unpaired) electrons. The summed E-state index contributed by atoms with van der Waals surface area (Å²) in [5, 5.41) is 3.26. The van der Waals surface area contributed by atoms with Gasteiger partial charge in [-0.2, -0.15) is 0 Å². The third-order valence-corrected chi connectivity index (χ3v) is 2.97. The fourth-order valence-electron chi connectivity index (χ4n) is 1.97. The summed E-state index contributed by atoms with van der Waals surface area (Å²) < 4.78 is 0. The van der Waals surface area contributed by atoms with E-state index in [9.17, 15) is 4.79 Å². The molecule has 0 aromatic carbocycles. The van der Waals surface area contributed by atoms with E-state index in [1.165, 1.54) is 12.8 Å². The second-order valence-corrected chi connectivity index (χ2v) is 3.92. The zero-order valence-corrected chi connectivity index (χ0v) is 8.84. The van der Waals surface area contributed by atoms with Gasteiger partial charge in [0.1, 0.15) is 0 Å². The van der Waals surface area contributed by atoms with Crippen LogP contribution in [0.3, 0.4) is 0 Å². The molecule has 0 saturated carbocycles. The van der Waals surface area contributed by atoms with Crippen molar-refractivity contribution in [2.45, 2.75) is 32.7 Å². The molecule has 1 saturated heterocycles. The highest BCUT2D eigenvalue weighted by Crippen LogP contribution is 2.19.